The van der Waals surface area contributed by atoms with Gasteiger partial charge in [-0.2, -0.15) is 9.35 Å². The highest BCUT2D eigenvalue weighted by Crippen LogP contribution is 2.32. The third kappa shape index (κ3) is 7.00. The molecule has 1 aromatic heterocycles. The van der Waals surface area contributed by atoms with Crippen LogP contribution in [0, 0.1) is 0 Å². The molecule has 1 fully saturated rings. The maximum absolute atomic E-state index is 13.4. The average molecular weight is 574 g/mol. The SMILES string of the molecule is CCCOc1ccc(S(=O)ON2CCOCC2)cc1-c1nc2c(/C(=C\Cc3ccccc3)CC)cccc2c(=O)[nH]1. The molecule has 0 aliphatic carbocycles. The van der Waals surface area contributed by atoms with Crippen LogP contribution in [0.4, 0.5) is 0 Å². The molecule has 5 rings (SSSR count). The van der Waals surface area contributed by atoms with Gasteiger partial charge in [-0.25, -0.2) is 9.19 Å². The average Bonchev–Trinajstić information content (AvgIpc) is 3.01. The van der Waals surface area contributed by atoms with Crippen LogP contribution in [0.15, 0.2) is 82.5 Å². The van der Waals surface area contributed by atoms with Crippen LogP contribution in [0.3, 0.4) is 0 Å². The molecular weight excluding hydrogens is 538 g/mol. The van der Waals surface area contributed by atoms with E-state index >= 15 is 0 Å². The Labute approximate surface area is 242 Å². The van der Waals surface area contributed by atoms with Gasteiger partial charge in [0.2, 0.25) is 11.1 Å². The van der Waals surface area contributed by atoms with Crippen molar-refractivity contribution in [3.63, 3.8) is 0 Å². The smallest absolute Gasteiger partial charge is 0.259 e. The number of hydrogen-bond donors (Lipinski definition) is 1. The first-order chi connectivity index (χ1) is 20.1. The monoisotopic (exact) mass is 573 g/mol. The lowest BCUT2D eigenvalue weighted by molar-refractivity contribution is -0.109. The maximum atomic E-state index is 13.4. The zero-order chi connectivity index (χ0) is 28.6. The number of ether oxygens (including phenoxy) is 2. The molecule has 0 bridgehead atoms. The van der Waals surface area contributed by atoms with Gasteiger partial charge < -0.3 is 14.5 Å². The molecule has 1 N–H and O–H groups in total. The second-order valence-electron chi connectivity index (χ2n) is 9.75. The Kier molecular flexibility index (Phi) is 9.74. The van der Waals surface area contributed by atoms with Crippen molar-refractivity contribution in [2.45, 2.75) is 38.0 Å². The van der Waals surface area contributed by atoms with E-state index in [-0.39, 0.29) is 5.56 Å². The lowest BCUT2D eigenvalue weighted by Gasteiger charge is -2.24. The minimum Gasteiger partial charge on any atom is -0.493 e. The fourth-order valence-corrected chi connectivity index (χ4v) is 5.56. The fraction of sp³-hybridized carbons (Fsp3) is 0.312. The first-order valence-corrected chi connectivity index (χ1v) is 15.1. The summed E-state index contributed by atoms with van der Waals surface area (Å²) in [6, 6.07) is 21.2. The number of fused-ring (bicyclic) bond motifs is 1. The van der Waals surface area contributed by atoms with Gasteiger partial charge in [0.05, 0.1) is 41.2 Å². The van der Waals surface area contributed by atoms with Crippen LogP contribution in [0.25, 0.3) is 27.9 Å². The summed E-state index contributed by atoms with van der Waals surface area (Å²) in [6.07, 6.45) is 4.58. The van der Waals surface area contributed by atoms with Gasteiger partial charge in [0.25, 0.3) is 5.56 Å². The fourth-order valence-electron chi connectivity index (χ4n) is 4.74. The molecular formula is C32H35N3O5S. The van der Waals surface area contributed by atoms with Crippen molar-refractivity contribution < 1.29 is 18.0 Å². The Hall–Kier alpha value is -3.63. The van der Waals surface area contributed by atoms with Gasteiger partial charge in [0.15, 0.2) is 0 Å². The highest BCUT2D eigenvalue weighted by Gasteiger charge is 2.20. The minimum atomic E-state index is -1.76. The molecule has 1 unspecified atom stereocenters. The predicted octanol–water partition coefficient (Wildman–Crippen LogP) is 5.70. The first-order valence-electron chi connectivity index (χ1n) is 14.0. The molecule has 2 heterocycles. The first kappa shape index (κ1) is 28.9. The van der Waals surface area contributed by atoms with Gasteiger partial charge in [0.1, 0.15) is 11.6 Å². The van der Waals surface area contributed by atoms with E-state index in [0.717, 1.165) is 30.4 Å². The van der Waals surface area contributed by atoms with Crippen LogP contribution in [0.1, 0.15) is 37.8 Å². The quantitative estimate of drug-likeness (QED) is 0.246. The van der Waals surface area contributed by atoms with E-state index in [1.165, 1.54) is 5.56 Å². The molecule has 0 radical (unpaired) electrons. The number of para-hydroxylation sites is 1. The Morgan fingerprint density at radius 3 is 2.63 bits per heavy atom. The molecule has 9 heteroatoms. The van der Waals surface area contributed by atoms with Crippen LogP contribution in [-0.2, 0) is 26.5 Å². The normalized spacial score (nSPS) is 15.2. The number of benzene rings is 3. The number of hydrogen-bond acceptors (Lipinski definition) is 7. The second kappa shape index (κ2) is 13.8. The molecule has 8 nitrogen and oxygen atoms in total. The lowest BCUT2D eigenvalue weighted by atomic mass is 9.98. The van der Waals surface area contributed by atoms with Crippen molar-refractivity contribution in [2.24, 2.45) is 0 Å². The number of H-pyrrole nitrogens is 1. The Morgan fingerprint density at radius 1 is 1.07 bits per heavy atom. The summed E-state index contributed by atoms with van der Waals surface area (Å²) in [4.78, 5) is 21.7. The molecule has 4 aromatic rings. The summed E-state index contributed by atoms with van der Waals surface area (Å²) in [5, 5.41) is 2.16. The van der Waals surface area contributed by atoms with E-state index in [1.54, 1.807) is 29.3 Å². The molecule has 0 saturated carbocycles. The zero-order valence-electron chi connectivity index (χ0n) is 23.4. The highest BCUT2D eigenvalue weighted by molar-refractivity contribution is 7.80. The molecule has 1 saturated heterocycles. The Balaban J connectivity index is 1.56. The van der Waals surface area contributed by atoms with Crippen molar-refractivity contribution in [1.82, 2.24) is 15.0 Å². The number of allylic oxidation sites excluding steroid dienone is 2. The largest absolute Gasteiger partial charge is 0.493 e. The summed E-state index contributed by atoms with van der Waals surface area (Å²) < 4.78 is 30.2. The molecule has 1 atom stereocenters. The van der Waals surface area contributed by atoms with E-state index in [9.17, 15) is 9.00 Å². The third-order valence-corrected chi connectivity index (χ3v) is 7.88. The Morgan fingerprint density at radius 2 is 1.88 bits per heavy atom. The van der Waals surface area contributed by atoms with E-state index in [4.69, 9.17) is 18.7 Å². The molecule has 1 aliphatic heterocycles. The number of rotatable bonds is 11. The van der Waals surface area contributed by atoms with Crippen LogP contribution >= 0.6 is 0 Å². The molecule has 1 aliphatic rings. The molecule has 3 aromatic carbocycles. The topological polar surface area (TPSA) is 93.8 Å². The number of morpholine rings is 1. The van der Waals surface area contributed by atoms with Crippen LogP contribution in [0.2, 0.25) is 0 Å². The number of nitrogens with zero attached hydrogens (tertiary/aromatic N) is 2. The lowest BCUT2D eigenvalue weighted by Crippen LogP contribution is -2.36. The van der Waals surface area contributed by atoms with Gasteiger partial charge in [-0.15, -0.1) is 0 Å². The summed E-state index contributed by atoms with van der Waals surface area (Å²) in [6.45, 7) is 6.74. The van der Waals surface area contributed by atoms with E-state index in [2.05, 4.69) is 30.1 Å². The summed E-state index contributed by atoms with van der Waals surface area (Å²) >= 11 is -1.76. The van der Waals surface area contributed by atoms with Crippen molar-refractivity contribution in [3.05, 3.63) is 94.3 Å². The second-order valence-corrected chi connectivity index (χ2v) is 10.8. The van der Waals surface area contributed by atoms with Gasteiger partial charge in [-0.3, -0.25) is 4.79 Å². The third-order valence-electron chi connectivity index (χ3n) is 6.89. The zero-order valence-corrected chi connectivity index (χ0v) is 24.2. The molecule has 0 amide bonds. The van der Waals surface area contributed by atoms with Gasteiger partial charge in [0, 0.05) is 18.7 Å². The van der Waals surface area contributed by atoms with E-state index in [1.807, 2.05) is 37.3 Å². The summed E-state index contributed by atoms with van der Waals surface area (Å²) in [5.41, 5.74) is 4.16. The summed E-state index contributed by atoms with van der Waals surface area (Å²) in [7, 11) is 0. The van der Waals surface area contributed by atoms with Crippen molar-refractivity contribution in [1.29, 1.82) is 0 Å². The molecule has 214 valence electrons. The number of nitrogens with one attached hydrogen (secondary N) is 1. The van der Waals surface area contributed by atoms with Crippen molar-refractivity contribution in [3.8, 4) is 17.1 Å². The number of aromatic nitrogens is 2. The van der Waals surface area contributed by atoms with Crippen molar-refractivity contribution in [2.75, 3.05) is 32.9 Å². The highest BCUT2D eigenvalue weighted by atomic mass is 32.2. The molecule has 41 heavy (non-hydrogen) atoms. The number of hydroxylamine groups is 2. The van der Waals surface area contributed by atoms with Crippen LogP contribution in [-0.4, -0.2) is 52.2 Å². The number of aromatic amines is 1. The minimum absolute atomic E-state index is 0.247. The van der Waals surface area contributed by atoms with E-state index < -0.39 is 11.1 Å². The summed E-state index contributed by atoms with van der Waals surface area (Å²) in [5.74, 6) is 0.902. The van der Waals surface area contributed by atoms with Crippen LogP contribution < -0.4 is 10.3 Å². The molecule has 0 spiro atoms. The van der Waals surface area contributed by atoms with Crippen LogP contribution in [0.5, 0.6) is 5.75 Å². The van der Waals surface area contributed by atoms with Crippen molar-refractivity contribution >= 4 is 27.6 Å². The Bertz CT molecular complexity index is 1600. The van der Waals surface area contributed by atoms with Gasteiger partial charge >= 0.3 is 0 Å². The standard InChI is InChI=1S/C32H35N3O5S/c1-3-19-39-29-16-15-25(41(37)40-35-17-20-38-21-18-35)22-28(29)31-33-30-26(11-8-12-27(30)32(36)34-31)24(4-2)14-13-23-9-6-5-7-10-23/h5-12,14-16,22H,3-4,13,17-21H2,1-2H3,(H,33,34,36)/b24-14-. The van der Waals surface area contributed by atoms with Gasteiger partial charge in [-0.05, 0) is 54.7 Å². The maximum Gasteiger partial charge on any atom is 0.259 e. The van der Waals surface area contributed by atoms with E-state index in [0.29, 0.717) is 65.8 Å². The predicted molar refractivity (Wildman–Crippen MR) is 162 cm³/mol. The van der Waals surface area contributed by atoms with Gasteiger partial charge in [-0.1, -0.05) is 62.4 Å².